The number of carbonyl (C=O) groups is 1. The monoisotopic (exact) mass is 327 g/mol. The minimum absolute atomic E-state index is 0.114. The van der Waals surface area contributed by atoms with Crippen LogP contribution in [-0.4, -0.2) is 42.2 Å². The summed E-state index contributed by atoms with van der Waals surface area (Å²) in [5.41, 5.74) is 1.10. The Morgan fingerprint density at radius 3 is 2.95 bits per heavy atom. The van der Waals surface area contributed by atoms with Crippen LogP contribution in [0.15, 0.2) is 22.7 Å². The first kappa shape index (κ1) is 14.3. The van der Waals surface area contributed by atoms with Crippen molar-refractivity contribution in [2.45, 2.75) is 25.4 Å². The average Bonchev–Trinajstić information content (AvgIpc) is 2.83. The summed E-state index contributed by atoms with van der Waals surface area (Å²) >= 11 is 3.44. The number of methoxy groups -OCH3 is 1. The summed E-state index contributed by atoms with van der Waals surface area (Å²) in [6.07, 6.45) is 1.53. The van der Waals surface area contributed by atoms with E-state index in [4.69, 9.17) is 4.74 Å². The molecule has 1 saturated heterocycles. The van der Waals surface area contributed by atoms with Gasteiger partial charge in [0.25, 0.3) is 0 Å². The summed E-state index contributed by atoms with van der Waals surface area (Å²) in [5.74, 6) is 0.904. The van der Waals surface area contributed by atoms with Gasteiger partial charge >= 0.3 is 0 Å². The highest BCUT2D eigenvalue weighted by molar-refractivity contribution is 9.10. The van der Waals surface area contributed by atoms with Crippen molar-refractivity contribution in [1.82, 2.24) is 4.90 Å². The van der Waals surface area contributed by atoms with Crippen LogP contribution in [0.25, 0.3) is 0 Å². The van der Waals surface area contributed by atoms with Gasteiger partial charge in [-0.15, -0.1) is 0 Å². The molecule has 0 unspecified atom stereocenters. The predicted molar refractivity (Wildman–Crippen MR) is 76.2 cm³/mol. The number of aliphatic hydroxyl groups is 1. The van der Waals surface area contributed by atoms with Crippen molar-refractivity contribution < 1.29 is 14.6 Å². The number of amides is 1. The molecule has 1 aliphatic rings. The molecule has 104 valence electrons. The molecule has 4 nitrogen and oxygen atoms in total. The quantitative estimate of drug-likeness (QED) is 0.920. The number of β-amino-alcohol motifs (C(OH)–C–C–N with tert-alkyl or cyclic N) is 1. The maximum atomic E-state index is 12.0. The number of hydrogen-bond acceptors (Lipinski definition) is 3. The molecule has 1 fully saturated rings. The zero-order valence-electron chi connectivity index (χ0n) is 10.9. The molecule has 0 bridgehead atoms. The van der Waals surface area contributed by atoms with Crippen molar-refractivity contribution in [2.75, 3.05) is 20.2 Å². The van der Waals surface area contributed by atoms with Gasteiger partial charge in [-0.3, -0.25) is 4.79 Å². The third-order valence-corrected chi connectivity index (χ3v) is 3.98. The van der Waals surface area contributed by atoms with E-state index in [1.54, 1.807) is 12.0 Å². The first-order chi connectivity index (χ1) is 9.10. The number of carbonyl (C=O) groups excluding carboxylic acids is 1. The summed E-state index contributed by atoms with van der Waals surface area (Å²) in [7, 11) is 1.63. The molecule has 5 heteroatoms. The van der Waals surface area contributed by atoms with Crippen LogP contribution in [0, 0.1) is 0 Å². The maximum Gasteiger partial charge on any atom is 0.222 e. The van der Waals surface area contributed by atoms with Crippen molar-refractivity contribution >= 4 is 21.8 Å². The van der Waals surface area contributed by atoms with Crippen LogP contribution in [0.2, 0.25) is 0 Å². The Morgan fingerprint density at radius 2 is 2.37 bits per heavy atom. The van der Waals surface area contributed by atoms with Crippen molar-refractivity contribution in [1.29, 1.82) is 0 Å². The topological polar surface area (TPSA) is 49.8 Å². The van der Waals surface area contributed by atoms with Gasteiger partial charge in [-0.2, -0.15) is 0 Å². The Labute approximate surface area is 121 Å². The highest BCUT2D eigenvalue weighted by Crippen LogP contribution is 2.26. The van der Waals surface area contributed by atoms with E-state index in [0.717, 1.165) is 15.8 Å². The Balaban J connectivity index is 1.88. The van der Waals surface area contributed by atoms with Gasteiger partial charge in [-0.1, -0.05) is 6.07 Å². The normalized spacial score (nSPS) is 18.7. The first-order valence-corrected chi connectivity index (χ1v) is 7.17. The number of nitrogens with zero attached hydrogens (tertiary/aromatic N) is 1. The van der Waals surface area contributed by atoms with Crippen molar-refractivity contribution in [3.8, 4) is 5.75 Å². The van der Waals surface area contributed by atoms with Gasteiger partial charge in [0.2, 0.25) is 5.91 Å². The molecule has 0 aromatic heterocycles. The number of hydrogen-bond donors (Lipinski definition) is 1. The van der Waals surface area contributed by atoms with Crippen LogP contribution in [0.4, 0.5) is 0 Å². The van der Waals surface area contributed by atoms with E-state index in [0.29, 0.717) is 32.4 Å². The summed E-state index contributed by atoms with van der Waals surface area (Å²) < 4.78 is 6.07. The minimum atomic E-state index is -0.348. The van der Waals surface area contributed by atoms with E-state index in [-0.39, 0.29) is 12.0 Å². The molecule has 1 aromatic rings. The summed E-state index contributed by atoms with van der Waals surface area (Å²) in [6, 6.07) is 5.84. The molecule has 0 radical (unpaired) electrons. The summed E-state index contributed by atoms with van der Waals surface area (Å²) in [5, 5.41) is 9.41. The molecule has 1 atom stereocenters. The highest BCUT2D eigenvalue weighted by Gasteiger charge is 2.23. The first-order valence-electron chi connectivity index (χ1n) is 6.38. The SMILES string of the molecule is COc1ccc(CCC(=O)N2CC[C@H](O)C2)cc1Br. The van der Waals surface area contributed by atoms with Gasteiger partial charge in [0.15, 0.2) is 0 Å². The van der Waals surface area contributed by atoms with E-state index >= 15 is 0 Å². The number of likely N-dealkylation sites (tertiary alicyclic amines) is 1. The molecule has 0 aliphatic carbocycles. The van der Waals surface area contributed by atoms with Crippen molar-refractivity contribution in [3.05, 3.63) is 28.2 Å². The average molecular weight is 328 g/mol. The Bertz CT molecular complexity index is 464. The van der Waals surface area contributed by atoms with Crippen LogP contribution in [0.3, 0.4) is 0 Å². The van der Waals surface area contributed by atoms with Crippen LogP contribution in [0.5, 0.6) is 5.75 Å². The van der Waals surface area contributed by atoms with E-state index in [1.165, 1.54) is 0 Å². The molecule has 0 saturated carbocycles. The number of halogens is 1. The number of aliphatic hydroxyl groups excluding tert-OH is 1. The van der Waals surface area contributed by atoms with Gasteiger partial charge in [0.1, 0.15) is 5.75 Å². The molecule has 1 N–H and O–H groups in total. The minimum Gasteiger partial charge on any atom is -0.496 e. The highest BCUT2D eigenvalue weighted by atomic mass is 79.9. The van der Waals surface area contributed by atoms with Crippen LogP contribution in [0.1, 0.15) is 18.4 Å². The third-order valence-electron chi connectivity index (χ3n) is 3.36. The molecule has 1 aromatic carbocycles. The molecule has 19 heavy (non-hydrogen) atoms. The second-order valence-corrected chi connectivity index (χ2v) is 5.61. The fourth-order valence-corrected chi connectivity index (χ4v) is 2.83. The van der Waals surface area contributed by atoms with Gasteiger partial charge in [0, 0.05) is 19.5 Å². The molecule has 0 spiro atoms. The van der Waals surface area contributed by atoms with Crippen molar-refractivity contribution in [2.24, 2.45) is 0 Å². The molecular weight excluding hydrogens is 310 g/mol. The van der Waals surface area contributed by atoms with Crippen LogP contribution in [-0.2, 0) is 11.2 Å². The Hall–Kier alpha value is -1.07. The standard InChI is InChI=1S/C14H18BrNO3/c1-19-13-4-2-10(8-12(13)15)3-5-14(18)16-7-6-11(17)9-16/h2,4,8,11,17H,3,5-7,9H2,1H3/t11-/m0/s1. The van der Waals surface area contributed by atoms with Gasteiger partial charge in [-0.25, -0.2) is 0 Å². The predicted octanol–water partition coefficient (Wildman–Crippen LogP) is 1.98. The largest absolute Gasteiger partial charge is 0.496 e. The van der Waals surface area contributed by atoms with E-state index in [1.807, 2.05) is 18.2 Å². The van der Waals surface area contributed by atoms with E-state index in [9.17, 15) is 9.90 Å². The second kappa shape index (κ2) is 6.39. The number of benzene rings is 1. The van der Waals surface area contributed by atoms with Crippen molar-refractivity contribution in [3.63, 3.8) is 0 Å². The van der Waals surface area contributed by atoms with Crippen LogP contribution >= 0.6 is 15.9 Å². The number of rotatable bonds is 4. The van der Waals surface area contributed by atoms with E-state index < -0.39 is 0 Å². The lowest BCUT2D eigenvalue weighted by Gasteiger charge is -2.15. The smallest absolute Gasteiger partial charge is 0.222 e. The summed E-state index contributed by atoms with van der Waals surface area (Å²) in [6.45, 7) is 1.15. The van der Waals surface area contributed by atoms with Gasteiger partial charge < -0.3 is 14.7 Å². The zero-order chi connectivity index (χ0) is 13.8. The molecule has 2 rings (SSSR count). The Kier molecular flexibility index (Phi) is 4.82. The fourth-order valence-electron chi connectivity index (χ4n) is 2.24. The van der Waals surface area contributed by atoms with E-state index in [2.05, 4.69) is 15.9 Å². The third kappa shape index (κ3) is 3.70. The fraction of sp³-hybridized carbons (Fsp3) is 0.500. The lowest BCUT2D eigenvalue weighted by Crippen LogP contribution is -2.29. The summed E-state index contributed by atoms with van der Waals surface area (Å²) in [4.78, 5) is 13.7. The molecule has 1 amide bonds. The Morgan fingerprint density at radius 1 is 1.58 bits per heavy atom. The van der Waals surface area contributed by atoms with Gasteiger partial charge in [0.05, 0.1) is 17.7 Å². The maximum absolute atomic E-state index is 12.0. The lowest BCUT2D eigenvalue weighted by atomic mass is 10.1. The lowest BCUT2D eigenvalue weighted by molar-refractivity contribution is -0.130. The van der Waals surface area contributed by atoms with Gasteiger partial charge in [-0.05, 0) is 46.5 Å². The molecular formula is C14H18BrNO3. The number of aryl methyl sites for hydroxylation is 1. The van der Waals surface area contributed by atoms with Crippen LogP contribution < -0.4 is 4.74 Å². The number of ether oxygens (including phenoxy) is 1. The molecule has 1 heterocycles. The molecule has 1 aliphatic heterocycles. The second-order valence-electron chi connectivity index (χ2n) is 4.75. The zero-order valence-corrected chi connectivity index (χ0v) is 12.5.